The smallest absolute Gasteiger partial charge is 0.0942 e. The summed E-state index contributed by atoms with van der Waals surface area (Å²) in [6, 6.07) is 0. The van der Waals surface area contributed by atoms with Crippen LogP contribution in [0.25, 0.3) is 0 Å². The van der Waals surface area contributed by atoms with Crippen LogP contribution in [0.3, 0.4) is 0 Å². The molecule has 0 heterocycles. The molecule has 0 saturated carbocycles. The molecule has 0 rings (SSSR count). The minimum atomic E-state index is -0.0488. The van der Waals surface area contributed by atoms with Gasteiger partial charge in [0, 0.05) is 7.05 Å². The van der Waals surface area contributed by atoms with Crippen molar-refractivity contribution in [2.75, 3.05) is 33.5 Å². The highest BCUT2D eigenvalue weighted by Gasteiger charge is 1.95. The zero-order valence-electron chi connectivity index (χ0n) is 6.49. The first kappa shape index (κ1) is 13.4. The van der Waals surface area contributed by atoms with Crippen LogP contribution in [0, 0.1) is 0 Å². The molecule has 0 aromatic heterocycles. The van der Waals surface area contributed by atoms with Gasteiger partial charge in [0.2, 0.25) is 0 Å². The summed E-state index contributed by atoms with van der Waals surface area (Å²) in [6.45, 7) is 0.295. The van der Waals surface area contributed by atoms with Crippen LogP contribution < -0.4 is 0 Å². The molecular weight excluding hydrogens is 154 g/mol. The zero-order valence-corrected chi connectivity index (χ0v) is 6.49. The van der Waals surface area contributed by atoms with Crippen molar-refractivity contribution >= 4 is 0 Å². The Morgan fingerprint density at radius 1 is 1.09 bits per heavy atom. The van der Waals surface area contributed by atoms with Crippen LogP contribution in [-0.4, -0.2) is 54.4 Å². The van der Waals surface area contributed by atoms with Crippen LogP contribution in [0.5, 0.6) is 0 Å². The molecular formula is C5H15NO5. The van der Waals surface area contributed by atoms with E-state index >= 15 is 0 Å². The monoisotopic (exact) mass is 169 g/mol. The van der Waals surface area contributed by atoms with E-state index in [2.05, 4.69) is 0 Å². The number of aliphatic hydroxyl groups is 2. The number of hydroxylamine groups is 2. The second-order valence-electron chi connectivity index (χ2n) is 1.55. The molecule has 0 radical (unpaired) electrons. The van der Waals surface area contributed by atoms with Gasteiger partial charge < -0.3 is 15.7 Å². The molecule has 0 amide bonds. The Kier molecular flexibility index (Phi) is 11.9. The van der Waals surface area contributed by atoms with E-state index in [1.165, 1.54) is 0 Å². The van der Waals surface area contributed by atoms with Crippen molar-refractivity contribution in [1.29, 1.82) is 0 Å². The molecule has 0 unspecified atom stereocenters. The summed E-state index contributed by atoms with van der Waals surface area (Å²) >= 11 is 0. The molecule has 0 aliphatic heterocycles. The molecule has 6 heteroatoms. The fourth-order valence-electron chi connectivity index (χ4n) is 0.376. The zero-order chi connectivity index (χ0) is 7.82. The van der Waals surface area contributed by atoms with Crippen molar-refractivity contribution in [3.05, 3.63) is 0 Å². The highest BCUT2D eigenvalue weighted by molar-refractivity contribution is 4.18. The number of hydrogen-bond donors (Lipinski definition) is 2. The number of nitrogens with zero attached hydrogens (tertiary/aromatic N) is 1. The standard InChI is InChI=1S/C5H13NO4.H2O/c1-6(9-4-2-7)10-5-3-8;/h7-8H,2-5H2,1H3;1H2. The van der Waals surface area contributed by atoms with E-state index in [-0.39, 0.29) is 31.9 Å². The van der Waals surface area contributed by atoms with E-state index in [4.69, 9.17) is 19.9 Å². The Morgan fingerprint density at radius 3 is 1.73 bits per heavy atom. The molecule has 0 aliphatic rings. The summed E-state index contributed by atoms with van der Waals surface area (Å²) in [5.74, 6) is 0. The summed E-state index contributed by atoms with van der Waals surface area (Å²) in [6.07, 6.45) is 0. The minimum absolute atomic E-state index is 0. The van der Waals surface area contributed by atoms with Gasteiger partial charge in [0.15, 0.2) is 0 Å². The van der Waals surface area contributed by atoms with Gasteiger partial charge in [-0.05, 0) is 0 Å². The summed E-state index contributed by atoms with van der Waals surface area (Å²) in [5.41, 5.74) is 0. The molecule has 0 aliphatic carbocycles. The van der Waals surface area contributed by atoms with Gasteiger partial charge >= 0.3 is 0 Å². The van der Waals surface area contributed by atoms with Crippen molar-refractivity contribution in [3.8, 4) is 0 Å². The van der Waals surface area contributed by atoms with Crippen molar-refractivity contribution in [2.45, 2.75) is 0 Å². The molecule has 70 valence electrons. The summed E-state index contributed by atoms with van der Waals surface area (Å²) in [7, 11) is 1.55. The lowest BCUT2D eigenvalue weighted by molar-refractivity contribution is -0.356. The van der Waals surface area contributed by atoms with Gasteiger partial charge in [0.05, 0.1) is 26.4 Å². The fourth-order valence-corrected chi connectivity index (χ4v) is 0.376. The largest absolute Gasteiger partial charge is 0.412 e. The van der Waals surface area contributed by atoms with E-state index < -0.39 is 0 Å². The van der Waals surface area contributed by atoms with Crippen LogP contribution in [-0.2, 0) is 9.68 Å². The fraction of sp³-hybridized carbons (Fsp3) is 1.00. The Bertz CT molecular complexity index is 63.9. The van der Waals surface area contributed by atoms with Crippen LogP contribution in [0.15, 0.2) is 0 Å². The number of rotatable bonds is 6. The van der Waals surface area contributed by atoms with Gasteiger partial charge in [-0.15, -0.1) is 0 Å². The normalized spacial score (nSPS) is 9.82. The lowest BCUT2D eigenvalue weighted by Gasteiger charge is -2.13. The van der Waals surface area contributed by atoms with Gasteiger partial charge in [0.1, 0.15) is 0 Å². The first-order valence-electron chi connectivity index (χ1n) is 3.02. The Hall–Kier alpha value is -0.240. The molecule has 0 aromatic rings. The van der Waals surface area contributed by atoms with Crippen molar-refractivity contribution in [2.24, 2.45) is 0 Å². The maximum atomic E-state index is 8.28. The lowest BCUT2D eigenvalue weighted by Crippen LogP contribution is -2.22. The maximum Gasteiger partial charge on any atom is 0.0942 e. The van der Waals surface area contributed by atoms with E-state index in [1.54, 1.807) is 7.05 Å². The molecule has 0 fully saturated rings. The molecule has 0 aromatic carbocycles. The summed E-state index contributed by atoms with van der Waals surface area (Å²) in [4.78, 5) is 9.49. The molecule has 4 N–H and O–H groups in total. The average Bonchev–Trinajstić information content (AvgIpc) is 1.97. The molecule has 6 nitrogen and oxygen atoms in total. The molecule has 0 bridgehead atoms. The van der Waals surface area contributed by atoms with Crippen molar-refractivity contribution in [1.82, 2.24) is 5.23 Å². The third-order valence-electron chi connectivity index (χ3n) is 0.729. The van der Waals surface area contributed by atoms with Gasteiger partial charge in [-0.25, -0.2) is 0 Å². The third kappa shape index (κ3) is 9.76. The number of hydrogen-bond acceptors (Lipinski definition) is 5. The average molecular weight is 169 g/mol. The van der Waals surface area contributed by atoms with Gasteiger partial charge in [-0.2, -0.15) is 0 Å². The van der Waals surface area contributed by atoms with Crippen molar-refractivity contribution in [3.63, 3.8) is 0 Å². The molecule has 11 heavy (non-hydrogen) atoms. The molecule has 0 saturated heterocycles. The van der Waals surface area contributed by atoms with Gasteiger partial charge in [-0.1, -0.05) is 5.23 Å². The lowest BCUT2D eigenvalue weighted by atomic mass is 10.8. The quantitative estimate of drug-likeness (QED) is 0.446. The van der Waals surface area contributed by atoms with Gasteiger partial charge in [-0.3, -0.25) is 9.68 Å². The van der Waals surface area contributed by atoms with E-state index in [0.717, 1.165) is 5.23 Å². The van der Waals surface area contributed by atoms with E-state index in [1.807, 2.05) is 0 Å². The molecule has 0 atom stereocenters. The molecule has 0 spiro atoms. The highest BCUT2D eigenvalue weighted by atomic mass is 16.9. The van der Waals surface area contributed by atoms with Crippen LogP contribution in [0.4, 0.5) is 0 Å². The summed E-state index contributed by atoms with van der Waals surface area (Å²) < 4.78 is 0. The predicted molar refractivity (Wildman–Crippen MR) is 37.5 cm³/mol. The highest BCUT2D eigenvalue weighted by Crippen LogP contribution is 1.85. The van der Waals surface area contributed by atoms with E-state index in [9.17, 15) is 0 Å². The van der Waals surface area contributed by atoms with Crippen LogP contribution in [0.1, 0.15) is 0 Å². The van der Waals surface area contributed by atoms with Gasteiger partial charge in [0.25, 0.3) is 0 Å². The predicted octanol–water partition coefficient (Wildman–Crippen LogP) is -2.06. The first-order valence-corrected chi connectivity index (χ1v) is 3.02. The second-order valence-corrected chi connectivity index (χ2v) is 1.55. The summed E-state index contributed by atoms with van der Waals surface area (Å²) in [5, 5.41) is 17.7. The third-order valence-corrected chi connectivity index (χ3v) is 0.729. The maximum absolute atomic E-state index is 8.28. The Balaban J connectivity index is 0. The van der Waals surface area contributed by atoms with Crippen LogP contribution in [0.2, 0.25) is 0 Å². The topological polar surface area (TPSA) is 93.7 Å². The van der Waals surface area contributed by atoms with Crippen molar-refractivity contribution < 1.29 is 25.4 Å². The van der Waals surface area contributed by atoms with Crippen LogP contribution >= 0.6 is 0 Å². The Morgan fingerprint density at radius 2 is 1.45 bits per heavy atom. The Labute approximate surface area is 65.2 Å². The minimum Gasteiger partial charge on any atom is -0.412 e. The first-order chi connectivity index (χ1) is 4.81. The second kappa shape index (κ2) is 9.76. The SMILES string of the molecule is CN(OCCO)OCCO.O. The van der Waals surface area contributed by atoms with E-state index in [0.29, 0.717) is 0 Å². The number of aliphatic hydroxyl groups excluding tert-OH is 2.